The van der Waals surface area contributed by atoms with E-state index in [2.05, 4.69) is 17.8 Å². The van der Waals surface area contributed by atoms with Crippen LogP contribution in [0.15, 0.2) is 40.7 Å². The minimum atomic E-state index is 0. The zero-order valence-corrected chi connectivity index (χ0v) is 15.1. The summed E-state index contributed by atoms with van der Waals surface area (Å²) in [5.74, 6) is 1.86. The van der Waals surface area contributed by atoms with Gasteiger partial charge in [0, 0.05) is 63.4 Å². The molecule has 1 heterocycles. The summed E-state index contributed by atoms with van der Waals surface area (Å²) < 4.78 is 6.69. The van der Waals surface area contributed by atoms with E-state index in [1.807, 2.05) is 24.3 Å². The van der Waals surface area contributed by atoms with E-state index < -0.39 is 0 Å². The van der Waals surface area contributed by atoms with Crippen LogP contribution >= 0.6 is 12.8 Å². The van der Waals surface area contributed by atoms with Crippen molar-refractivity contribution in [2.45, 2.75) is 6.42 Å². The van der Waals surface area contributed by atoms with Crippen molar-refractivity contribution in [3.63, 3.8) is 0 Å². The Kier molecular flexibility index (Phi) is 6.71. The van der Waals surface area contributed by atoms with E-state index in [1.165, 1.54) is 0 Å². The van der Waals surface area contributed by atoms with Crippen molar-refractivity contribution in [2.24, 2.45) is 16.5 Å². The SMILES string of the molecule is COc1ccc(CC2=C(N)N(S)CN=C2N)cc1.[K]. The molecule has 1 aliphatic rings. The Hall–Kier alpha value is -0.184. The van der Waals surface area contributed by atoms with E-state index in [0.29, 0.717) is 24.7 Å². The fourth-order valence-electron chi connectivity index (χ4n) is 1.73. The van der Waals surface area contributed by atoms with Crippen molar-refractivity contribution >= 4 is 70.0 Å². The molecule has 0 amide bonds. The summed E-state index contributed by atoms with van der Waals surface area (Å²) in [5.41, 5.74) is 13.7. The van der Waals surface area contributed by atoms with E-state index in [9.17, 15) is 0 Å². The van der Waals surface area contributed by atoms with Crippen LogP contribution in [0.2, 0.25) is 0 Å². The quantitative estimate of drug-likeness (QED) is 0.561. The molecule has 0 bridgehead atoms. The summed E-state index contributed by atoms with van der Waals surface area (Å²) in [5, 5.41) is 0. The third kappa shape index (κ3) is 4.14. The maximum atomic E-state index is 5.96. The Balaban J connectivity index is 0.00000180. The molecule has 7 heteroatoms. The molecule has 19 heavy (non-hydrogen) atoms. The van der Waals surface area contributed by atoms with Crippen LogP contribution in [0.25, 0.3) is 0 Å². The van der Waals surface area contributed by atoms with E-state index >= 15 is 0 Å². The molecular formula is C12H16KN4OS. The first kappa shape index (κ1) is 16.9. The maximum absolute atomic E-state index is 5.96. The van der Waals surface area contributed by atoms with Gasteiger partial charge in [0.1, 0.15) is 24.1 Å². The van der Waals surface area contributed by atoms with Gasteiger partial charge in [0.2, 0.25) is 0 Å². The summed E-state index contributed by atoms with van der Waals surface area (Å²) in [4.78, 5) is 4.15. The molecule has 0 saturated heterocycles. The molecule has 0 unspecified atom stereocenters. The number of hydrogen-bond donors (Lipinski definition) is 3. The van der Waals surface area contributed by atoms with E-state index in [1.54, 1.807) is 11.4 Å². The van der Waals surface area contributed by atoms with Crippen LogP contribution in [0.5, 0.6) is 5.75 Å². The van der Waals surface area contributed by atoms with Crippen LogP contribution in [0, 0.1) is 0 Å². The molecule has 5 nitrogen and oxygen atoms in total. The van der Waals surface area contributed by atoms with E-state index in [4.69, 9.17) is 16.2 Å². The topological polar surface area (TPSA) is 76.9 Å². The molecule has 1 radical (unpaired) electrons. The molecule has 4 N–H and O–H groups in total. The Labute approximate surface area is 161 Å². The summed E-state index contributed by atoms with van der Waals surface area (Å²) in [6.45, 7) is 0.382. The number of amidine groups is 1. The van der Waals surface area contributed by atoms with E-state index in [-0.39, 0.29) is 51.4 Å². The number of methoxy groups -OCH3 is 1. The van der Waals surface area contributed by atoms with Crippen molar-refractivity contribution in [1.29, 1.82) is 0 Å². The standard InChI is InChI=1S/C12H16N4OS.K/c1-17-9-4-2-8(3-5-9)6-10-11(13)15-7-16(18)12(10)14;/h2-5,18H,6-7,14H2,1H3,(H2,13,15);. The fraction of sp³-hybridized carbons (Fsp3) is 0.250. The Bertz CT molecular complexity index is 501. The third-order valence-corrected chi connectivity index (χ3v) is 3.15. The summed E-state index contributed by atoms with van der Waals surface area (Å²) >= 11 is 4.22. The second-order valence-corrected chi connectivity index (χ2v) is 4.46. The number of thiol groups is 1. The summed E-state index contributed by atoms with van der Waals surface area (Å²) in [7, 11) is 1.64. The van der Waals surface area contributed by atoms with Gasteiger partial charge in [0.25, 0.3) is 0 Å². The largest absolute Gasteiger partial charge is 0.497 e. The van der Waals surface area contributed by atoms with Crippen molar-refractivity contribution < 1.29 is 4.74 Å². The third-order valence-electron chi connectivity index (χ3n) is 2.81. The minimum absolute atomic E-state index is 0. The van der Waals surface area contributed by atoms with Crippen molar-refractivity contribution in [1.82, 2.24) is 4.31 Å². The molecule has 0 saturated carbocycles. The zero-order valence-electron chi connectivity index (χ0n) is 11.1. The predicted molar refractivity (Wildman–Crippen MR) is 81.0 cm³/mol. The smallest absolute Gasteiger partial charge is 0.127 e. The Morgan fingerprint density at radius 3 is 2.53 bits per heavy atom. The monoisotopic (exact) mass is 303 g/mol. The molecule has 1 aromatic rings. The van der Waals surface area contributed by atoms with Crippen molar-refractivity contribution in [2.75, 3.05) is 13.8 Å². The average Bonchev–Trinajstić information content (AvgIpc) is 2.40. The van der Waals surface area contributed by atoms with Gasteiger partial charge < -0.3 is 16.2 Å². The van der Waals surface area contributed by atoms with Gasteiger partial charge in [-0.05, 0) is 17.7 Å². The second-order valence-electron chi connectivity index (χ2n) is 3.97. The van der Waals surface area contributed by atoms with Gasteiger partial charge >= 0.3 is 0 Å². The average molecular weight is 303 g/mol. The van der Waals surface area contributed by atoms with Crippen molar-refractivity contribution in [3.05, 3.63) is 41.2 Å². The van der Waals surface area contributed by atoms with Crippen LogP contribution in [-0.2, 0) is 6.42 Å². The fourth-order valence-corrected chi connectivity index (χ4v) is 1.91. The molecule has 1 aliphatic heterocycles. The molecule has 1 aromatic carbocycles. The Morgan fingerprint density at radius 1 is 1.32 bits per heavy atom. The van der Waals surface area contributed by atoms with Gasteiger partial charge in [-0.15, -0.1) is 0 Å². The van der Waals surface area contributed by atoms with Crippen LogP contribution in [0.1, 0.15) is 5.56 Å². The number of nitrogens with two attached hydrogens (primary N) is 2. The minimum Gasteiger partial charge on any atom is -0.497 e. The molecule has 0 atom stereocenters. The summed E-state index contributed by atoms with van der Waals surface area (Å²) in [6.07, 6.45) is 0.627. The van der Waals surface area contributed by atoms with Gasteiger partial charge in [-0.2, -0.15) is 0 Å². The number of nitrogens with zero attached hydrogens (tertiary/aromatic N) is 2. The van der Waals surface area contributed by atoms with Gasteiger partial charge in [0.15, 0.2) is 0 Å². The number of hydrogen-bond acceptors (Lipinski definition) is 6. The van der Waals surface area contributed by atoms with Crippen molar-refractivity contribution in [3.8, 4) is 5.75 Å². The number of benzene rings is 1. The second kappa shape index (κ2) is 7.56. The molecule has 2 rings (SSSR count). The number of aliphatic imine (C=N–C) groups is 1. The normalized spacial score (nSPS) is 14.8. The number of rotatable bonds is 3. The van der Waals surface area contributed by atoms with Gasteiger partial charge in [-0.1, -0.05) is 24.9 Å². The first-order chi connectivity index (χ1) is 8.61. The van der Waals surface area contributed by atoms with Crippen LogP contribution < -0.4 is 16.2 Å². The zero-order chi connectivity index (χ0) is 13.1. The molecule has 97 valence electrons. The Morgan fingerprint density at radius 2 is 1.95 bits per heavy atom. The number of ether oxygens (including phenoxy) is 1. The van der Waals surface area contributed by atoms with Gasteiger partial charge in [-0.3, -0.25) is 4.31 Å². The first-order valence-corrected chi connectivity index (χ1v) is 5.90. The predicted octanol–water partition coefficient (Wildman–Crippen LogP) is 0.502. The van der Waals surface area contributed by atoms with Crippen LogP contribution in [0.3, 0.4) is 0 Å². The molecule has 0 spiro atoms. The molecule has 0 aliphatic carbocycles. The summed E-state index contributed by atoms with van der Waals surface area (Å²) in [6, 6.07) is 7.76. The van der Waals surface area contributed by atoms with Crippen LogP contribution in [0.4, 0.5) is 0 Å². The van der Waals surface area contributed by atoms with Gasteiger partial charge in [-0.25, -0.2) is 4.99 Å². The van der Waals surface area contributed by atoms with Crippen LogP contribution in [-0.4, -0.2) is 75.3 Å². The molecule has 0 fully saturated rings. The maximum Gasteiger partial charge on any atom is 0.127 e. The molecular weight excluding hydrogens is 287 g/mol. The first-order valence-electron chi connectivity index (χ1n) is 5.50. The van der Waals surface area contributed by atoms with E-state index in [0.717, 1.165) is 16.9 Å². The molecule has 0 aromatic heterocycles. The van der Waals surface area contributed by atoms with Gasteiger partial charge in [0.05, 0.1) is 7.11 Å².